The first kappa shape index (κ1) is 11.6. The summed E-state index contributed by atoms with van der Waals surface area (Å²) < 4.78 is 13.4. The van der Waals surface area contributed by atoms with E-state index in [0.717, 1.165) is 0 Å². The van der Waals surface area contributed by atoms with Crippen LogP contribution in [0.2, 0.25) is 0 Å². The van der Waals surface area contributed by atoms with Crippen molar-refractivity contribution in [1.29, 1.82) is 0 Å². The smallest absolute Gasteiger partial charge is 0.308 e. The number of carbonyl (C=O) groups is 2. The lowest BCUT2D eigenvalue weighted by Gasteiger charge is -2.15. The molecule has 5 heteroatoms. The first-order valence-electron chi connectivity index (χ1n) is 5.36. The molecule has 1 aliphatic heterocycles. The SMILES string of the molecule is O=C(O)[C@H]1CCN(C(=O)c2ccccc2F)C1. The number of nitrogens with zero attached hydrogens (tertiary/aromatic N) is 1. The lowest BCUT2D eigenvalue weighted by molar-refractivity contribution is -0.141. The summed E-state index contributed by atoms with van der Waals surface area (Å²) in [6.45, 7) is 0.520. The Balaban J connectivity index is 2.13. The van der Waals surface area contributed by atoms with E-state index in [1.54, 1.807) is 6.07 Å². The molecule has 0 aliphatic carbocycles. The molecule has 2 rings (SSSR count). The number of carboxylic acids is 1. The van der Waals surface area contributed by atoms with E-state index >= 15 is 0 Å². The van der Waals surface area contributed by atoms with Gasteiger partial charge < -0.3 is 10.0 Å². The Morgan fingerprint density at radius 3 is 2.65 bits per heavy atom. The minimum Gasteiger partial charge on any atom is -0.481 e. The molecule has 1 aromatic rings. The minimum atomic E-state index is -0.908. The molecule has 1 atom stereocenters. The Labute approximate surface area is 97.7 Å². The van der Waals surface area contributed by atoms with Crippen LogP contribution < -0.4 is 0 Å². The van der Waals surface area contributed by atoms with Crippen LogP contribution in [0.4, 0.5) is 4.39 Å². The van der Waals surface area contributed by atoms with E-state index in [1.807, 2.05) is 0 Å². The van der Waals surface area contributed by atoms with Gasteiger partial charge in [0, 0.05) is 13.1 Å². The number of carboxylic acid groups (broad SMARTS) is 1. The molecule has 1 saturated heterocycles. The molecule has 1 aliphatic rings. The number of halogens is 1. The van der Waals surface area contributed by atoms with Crippen LogP contribution >= 0.6 is 0 Å². The maximum atomic E-state index is 13.4. The largest absolute Gasteiger partial charge is 0.481 e. The summed E-state index contributed by atoms with van der Waals surface area (Å²) in [4.78, 5) is 24.1. The van der Waals surface area contributed by atoms with Crippen molar-refractivity contribution in [3.8, 4) is 0 Å². The number of likely N-dealkylation sites (tertiary alicyclic amines) is 1. The van der Waals surface area contributed by atoms with Gasteiger partial charge in [-0.3, -0.25) is 9.59 Å². The van der Waals surface area contributed by atoms with Gasteiger partial charge in [-0.1, -0.05) is 12.1 Å². The third-order valence-electron chi connectivity index (χ3n) is 2.93. The maximum absolute atomic E-state index is 13.4. The van der Waals surface area contributed by atoms with Crippen LogP contribution in [-0.2, 0) is 4.79 Å². The first-order valence-corrected chi connectivity index (χ1v) is 5.36. The van der Waals surface area contributed by atoms with Gasteiger partial charge in [0.25, 0.3) is 5.91 Å². The van der Waals surface area contributed by atoms with Crippen molar-refractivity contribution in [2.24, 2.45) is 5.92 Å². The molecule has 90 valence electrons. The Hall–Kier alpha value is -1.91. The van der Waals surface area contributed by atoms with Crippen LogP contribution in [-0.4, -0.2) is 35.0 Å². The predicted octanol–water partition coefficient (Wildman–Crippen LogP) is 1.37. The Morgan fingerprint density at radius 2 is 2.06 bits per heavy atom. The lowest BCUT2D eigenvalue weighted by atomic mass is 10.1. The molecule has 0 aromatic heterocycles. The van der Waals surface area contributed by atoms with Gasteiger partial charge in [0.05, 0.1) is 11.5 Å². The molecular weight excluding hydrogens is 225 g/mol. The van der Waals surface area contributed by atoms with Crippen LogP contribution in [0.5, 0.6) is 0 Å². The lowest BCUT2D eigenvalue weighted by Crippen LogP contribution is -2.30. The average molecular weight is 237 g/mol. The van der Waals surface area contributed by atoms with Crippen molar-refractivity contribution >= 4 is 11.9 Å². The second-order valence-corrected chi connectivity index (χ2v) is 4.05. The topological polar surface area (TPSA) is 57.6 Å². The molecule has 1 fully saturated rings. The molecular formula is C12H12FNO3. The van der Waals surface area contributed by atoms with E-state index in [1.165, 1.54) is 23.1 Å². The van der Waals surface area contributed by atoms with Crippen LogP contribution in [0.3, 0.4) is 0 Å². The summed E-state index contributed by atoms with van der Waals surface area (Å²) >= 11 is 0. The summed E-state index contributed by atoms with van der Waals surface area (Å²) in [7, 11) is 0. The molecule has 0 radical (unpaired) electrons. The van der Waals surface area contributed by atoms with Gasteiger partial charge in [-0.15, -0.1) is 0 Å². The third kappa shape index (κ3) is 2.27. The van der Waals surface area contributed by atoms with E-state index < -0.39 is 23.6 Å². The van der Waals surface area contributed by atoms with E-state index in [4.69, 9.17) is 5.11 Å². The number of aliphatic carboxylic acids is 1. The number of carbonyl (C=O) groups excluding carboxylic acids is 1. The summed E-state index contributed by atoms with van der Waals surface area (Å²) in [5.74, 6) is -2.46. The van der Waals surface area contributed by atoms with Gasteiger partial charge in [-0.2, -0.15) is 0 Å². The highest BCUT2D eigenvalue weighted by molar-refractivity contribution is 5.95. The minimum absolute atomic E-state index is 0.00135. The number of hydrogen-bond donors (Lipinski definition) is 1. The van der Waals surface area contributed by atoms with Gasteiger partial charge in [0.15, 0.2) is 0 Å². The molecule has 1 amide bonds. The zero-order valence-corrected chi connectivity index (χ0v) is 9.10. The van der Waals surface area contributed by atoms with Crippen molar-refractivity contribution < 1.29 is 19.1 Å². The Bertz CT molecular complexity index is 461. The highest BCUT2D eigenvalue weighted by Crippen LogP contribution is 2.19. The second kappa shape index (κ2) is 4.53. The second-order valence-electron chi connectivity index (χ2n) is 4.05. The number of rotatable bonds is 2. The van der Waals surface area contributed by atoms with Crippen molar-refractivity contribution in [1.82, 2.24) is 4.90 Å². The van der Waals surface area contributed by atoms with Gasteiger partial charge >= 0.3 is 5.97 Å². The molecule has 0 unspecified atom stereocenters. The van der Waals surface area contributed by atoms with Crippen LogP contribution in [0.15, 0.2) is 24.3 Å². The van der Waals surface area contributed by atoms with E-state index in [0.29, 0.717) is 13.0 Å². The molecule has 0 bridgehead atoms. The van der Waals surface area contributed by atoms with Crippen molar-refractivity contribution in [3.05, 3.63) is 35.6 Å². The molecule has 0 saturated carbocycles. The van der Waals surface area contributed by atoms with E-state index in [-0.39, 0.29) is 12.1 Å². The third-order valence-corrected chi connectivity index (χ3v) is 2.93. The number of amides is 1. The molecule has 0 spiro atoms. The average Bonchev–Trinajstić information content (AvgIpc) is 2.78. The summed E-state index contributed by atoms with van der Waals surface area (Å²) in [5.41, 5.74) is -0.00135. The van der Waals surface area contributed by atoms with E-state index in [9.17, 15) is 14.0 Å². The molecule has 1 aromatic carbocycles. The maximum Gasteiger partial charge on any atom is 0.308 e. The summed E-state index contributed by atoms with van der Waals surface area (Å²) in [5, 5.41) is 8.83. The fraction of sp³-hybridized carbons (Fsp3) is 0.333. The van der Waals surface area contributed by atoms with Crippen molar-refractivity contribution in [2.75, 3.05) is 13.1 Å². The normalized spacial score (nSPS) is 19.4. The summed E-state index contributed by atoms with van der Waals surface area (Å²) in [6.07, 6.45) is 0.426. The Kier molecular flexibility index (Phi) is 3.08. The van der Waals surface area contributed by atoms with Gasteiger partial charge in [-0.25, -0.2) is 4.39 Å². The standard InChI is InChI=1S/C12H12FNO3/c13-10-4-2-1-3-9(10)11(15)14-6-5-8(7-14)12(16)17/h1-4,8H,5-7H2,(H,16,17)/t8-/m0/s1. The van der Waals surface area contributed by atoms with Crippen LogP contribution in [0.1, 0.15) is 16.8 Å². The molecule has 1 N–H and O–H groups in total. The van der Waals surface area contributed by atoms with Crippen molar-refractivity contribution in [2.45, 2.75) is 6.42 Å². The highest BCUT2D eigenvalue weighted by Gasteiger charge is 2.31. The first-order chi connectivity index (χ1) is 8.09. The van der Waals surface area contributed by atoms with Gasteiger partial charge in [0.1, 0.15) is 5.82 Å². The highest BCUT2D eigenvalue weighted by atomic mass is 19.1. The van der Waals surface area contributed by atoms with Crippen molar-refractivity contribution in [3.63, 3.8) is 0 Å². The zero-order valence-electron chi connectivity index (χ0n) is 9.10. The number of hydrogen-bond acceptors (Lipinski definition) is 2. The molecule has 4 nitrogen and oxygen atoms in total. The van der Waals surface area contributed by atoms with Crippen LogP contribution in [0.25, 0.3) is 0 Å². The zero-order chi connectivity index (χ0) is 12.4. The summed E-state index contributed by atoms with van der Waals surface area (Å²) in [6, 6.07) is 5.72. The monoisotopic (exact) mass is 237 g/mol. The quantitative estimate of drug-likeness (QED) is 0.845. The molecule has 17 heavy (non-hydrogen) atoms. The van der Waals surface area contributed by atoms with Crippen LogP contribution in [0, 0.1) is 11.7 Å². The van der Waals surface area contributed by atoms with Gasteiger partial charge in [-0.05, 0) is 18.6 Å². The fourth-order valence-corrected chi connectivity index (χ4v) is 1.95. The molecule has 1 heterocycles. The predicted molar refractivity (Wildman–Crippen MR) is 58.0 cm³/mol. The Morgan fingerprint density at radius 1 is 1.35 bits per heavy atom. The number of benzene rings is 1. The van der Waals surface area contributed by atoms with E-state index in [2.05, 4.69) is 0 Å². The fourth-order valence-electron chi connectivity index (χ4n) is 1.95. The van der Waals surface area contributed by atoms with Gasteiger partial charge in [0.2, 0.25) is 0 Å².